The van der Waals surface area contributed by atoms with Crippen molar-refractivity contribution in [2.45, 2.75) is 30.4 Å². The molecule has 132 valence electrons. The number of carbonyl (C=O) groups is 1. The predicted molar refractivity (Wildman–Crippen MR) is 101 cm³/mol. The van der Waals surface area contributed by atoms with Gasteiger partial charge in [0.2, 0.25) is 11.8 Å². The number of aromatic nitrogens is 2. The van der Waals surface area contributed by atoms with Crippen LogP contribution >= 0.6 is 11.8 Å². The van der Waals surface area contributed by atoms with Crippen molar-refractivity contribution in [1.29, 1.82) is 0 Å². The molecule has 1 amide bonds. The van der Waals surface area contributed by atoms with Gasteiger partial charge in [0.05, 0.1) is 5.25 Å². The summed E-state index contributed by atoms with van der Waals surface area (Å²) in [4.78, 5) is 14.7. The van der Waals surface area contributed by atoms with Gasteiger partial charge in [-0.1, -0.05) is 54.2 Å². The Morgan fingerprint density at radius 2 is 1.81 bits per heavy atom. The van der Waals surface area contributed by atoms with Crippen molar-refractivity contribution in [3.8, 4) is 11.5 Å². The molecule has 4 rings (SSSR count). The Kier molecular flexibility index (Phi) is 4.75. The zero-order chi connectivity index (χ0) is 17.9. The number of amides is 1. The number of fused-ring (bicyclic) bond motifs is 1. The molecule has 0 radical (unpaired) electrons. The summed E-state index contributed by atoms with van der Waals surface area (Å²) in [6.07, 6.45) is 0.901. The second kappa shape index (κ2) is 7.33. The predicted octanol–water partition coefficient (Wildman–Crippen LogP) is 3.80. The van der Waals surface area contributed by atoms with Crippen LogP contribution < -0.4 is 0 Å². The van der Waals surface area contributed by atoms with Gasteiger partial charge in [0.25, 0.3) is 5.22 Å². The maximum absolute atomic E-state index is 12.8. The van der Waals surface area contributed by atoms with Gasteiger partial charge in [0, 0.05) is 18.7 Å². The van der Waals surface area contributed by atoms with Crippen LogP contribution in [0.1, 0.15) is 18.1 Å². The van der Waals surface area contributed by atoms with E-state index in [9.17, 15) is 4.79 Å². The standard InChI is InChI=1S/C20H19N3O2S/c1-14(19(24)23-12-11-15-7-5-6-10-17(15)13-23)26-20-22-21-18(25-20)16-8-3-2-4-9-16/h2-10,14H,11-13H2,1H3. The Labute approximate surface area is 156 Å². The zero-order valence-corrected chi connectivity index (χ0v) is 15.3. The molecule has 2 heterocycles. The molecule has 1 aliphatic rings. The van der Waals surface area contributed by atoms with Gasteiger partial charge in [-0.05, 0) is 36.6 Å². The van der Waals surface area contributed by atoms with Crippen molar-refractivity contribution in [2.75, 3.05) is 6.54 Å². The largest absolute Gasteiger partial charge is 0.411 e. The summed E-state index contributed by atoms with van der Waals surface area (Å²) in [5, 5.41) is 8.30. The fraction of sp³-hybridized carbons (Fsp3) is 0.250. The SMILES string of the molecule is CC(Sc1nnc(-c2ccccc2)o1)C(=O)N1CCc2ccccc2C1. The highest BCUT2D eigenvalue weighted by Crippen LogP contribution is 2.28. The summed E-state index contributed by atoms with van der Waals surface area (Å²) in [6, 6.07) is 17.9. The van der Waals surface area contributed by atoms with Crippen molar-refractivity contribution in [3.63, 3.8) is 0 Å². The molecule has 1 aromatic heterocycles. The van der Waals surface area contributed by atoms with Crippen molar-refractivity contribution < 1.29 is 9.21 Å². The van der Waals surface area contributed by atoms with Gasteiger partial charge in [-0.15, -0.1) is 10.2 Å². The third-order valence-corrected chi connectivity index (χ3v) is 5.42. The van der Waals surface area contributed by atoms with E-state index >= 15 is 0 Å². The lowest BCUT2D eigenvalue weighted by atomic mass is 10.00. The van der Waals surface area contributed by atoms with Crippen LogP contribution in [0.15, 0.2) is 64.2 Å². The van der Waals surface area contributed by atoms with Crippen LogP contribution in [0.5, 0.6) is 0 Å². The summed E-state index contributed by atoms with van der Waals surface area (Å²) in [7, 11) is 0. The fourth-order valence-corrected chi connectivity index (χ4v) is 3.86. The topological polar surface area (TPSA) is 59.2 Å². The Morgan fingerprint density at radius 3 is 2.62 bits per heavy atom. The molecule has 1 unspecified atom stereocenters. The number of carbonyl (C=O) groups excluding carboxylic acids is 1. The summed E-state index contributed by atoms with van der Waals surface area (Å²) < 4.78 is 5.70. The first kappa shape index (κ1) is 16.8. The van der Waals surface area contributed by atoms with Crippen LogP contribution in [0.4, 0.5) is 0 Å². The lowest BCUT2D eigenvalue weighted by Crippen LogP contribution is -2.40. The van der Waals surface area contributed by atoms with E-state index in [1.54, 1.807) is 0 Å². The molecular formula is C20H19N3O2S. The Bertz CT molecular complexity index is 910. The van der Waals surface area contributed by atoms with E-state index in [0.29, 0.717) is 17.7 Å². The van der Waals surface area contributed by atoms with E-state index in [1.165, 1.54) is 22.9 Å². The number of rotatable bonds is 4. The second-order valence-corrected chi connectivity index (χ2v) is 7.57. The quantitative estimate of drug-likeness (QED) is 0.658. The molecule has 0 saturated carbocycles. The van der Waals surface area contributed by atoms with Crippen molar-refractivity contribution in [3.05, 3.63) is 65.7 Å². The molecule has 0 saturated heterocycles. The number of hydrogen-bond donors (Lipinski definition) is 0. The highest BCUT2D eigenvalue weighted by Gasteiger charge is 2.26. The Morgan fingerprint density at radius 1 is 1.08 bits per heavy atom. The maximum Gasteiger partial charge on any atom is 0.277 e. The third kappa shape index (κ3) is 3.51. The number of thioether (sulfide) groups is 1. The van der Waals surface area contributed by atoms with Crippen molar-refractivity contribution in [2.24, 2.45) is 0 Å². The first-order valence-electron chi connectivity index (χ1n) is 8.62. The lowest BCUT2D eigenvalue weighted by Gasteiger charge is -2.30. The molecule has 1 atom stereocenters. The minimum atomic E-state index is -0.274. The van der Waals surface area contributed by atoms with Crippen molar-refractivity contribution >= 4 is 17.7 Å². The smallest absolute Gasteiger partial charge is 0.277 e. The van der Waals surface area contributed by atoms with Gasteiger partial charge in [0.1, 0.15) is 0 Å². The van der Waals surface area contributed by atoms with Gasteiger partial charge in [0.15, 0.2) is 0 Å². The van der Waals surface area contributed by atoms with E-state index in [4.69, 9.17) is 4.42 Å². The Balaban J connectivity index is 1.42. The number of benzene rings is 2. The maximum atomic E-state index is 12.8. The van der Waals surface area contributed by atoms with Gasteiger partial charge in [-0.2, -0.15) is 0 Å². The molecule has 26 heavy (non-hydrogen) atoms. The summed E-state index contributed by atoms with van der Waals surface area (Å²) in [5.74, 6) is 0.573. The number of hydrogen-bond acceptors (Lipinski definition) is 5. The van der Waals surface area contributed by atoms with E-state index in [2.05, 4.69) is 28.4 Å². The van der Waals surface area contributed by atoms with Crippen LogP contribution in [-0.2, 0) is 17.8 Å². The summed E-state index contributed by atoms with van der Waals surface area (Å²) in [5.41, 5.74) is 3.44. The normalized spacial score (nSPS) is 14.7. The van der Waals surface area contributed by atoms with Crippen LogP contribution in [0, 0.1) is 0 Å². The molecule has 3 aromatic rings. The molecule has 0 aliphatic carbocycles. The van der Waals surface area contributed by atoms with Gasteiger partial charge in [-0.25, -0.2) is 0 Å². The monoisotopic (exact) mass is 365 g/mol. The molecule has 0 bridgehead atoms. The highest BCUT2D eigenvalue weighted by atomic mass is 32.2. The second-order valence-electron chi connectivity index (χ2n) is 6.28. The minimum Gasteiger partial charge on any atom is -0.411 e. The lowest BCUT2D eigenvalue weighted by molar-refractivity contribution is -0.131. The molecule has 1 aliphatic heterocycles. The first-order chi connectivity index (χ1) is 12.7. The van der Waals surface area contributed by atoms with E-state index in [0.717, 1.165) is 18.5 Å². The molecule has 0 N–H and O–H groups in total. The fourth-order valence-electron chi connectivity index (χ4n) is 3.10. The molecule has 0 spiro atoms. The molecular weight excluding hydrogens is 346 g/mol. The summed E-state index contributed by atoms with van der Waals surface area (Å²) in [6.45, 7) is 3.30. The van der Waals surface area contributed by atoms with Gasteiger partial charge in [-0.3, -0.25) is 4.79 Å². The molecule has 0 fully saturated rings. The summed E-state index contributed by atoms with van der Waals surface area (Å²) >= 11 is 1.31. The van der Waals surface area contributed by atoms with E-state index < -0.39 is 0 Å². The molecule has 5 nitrogen and oxygen atoms in total. The zero-order valence-electron chi connectivity index (χ0n) is 14.5. The molecule has 2 aromatic carbocycles. The van der Waals surface area contributed by atoms with Crippen molar-refractivity contribution in [1.82, 2.24) is 15.1 Å². The van der Waals surface area contributed by atoms with Crippen LogP contribution in [0.2, 0.25) is 0 Å². The minimum absolute atomic E-state index is 0.101. The molecule has 6 heteroatoms. The van der Waals surface area contributed by atoms with E-state index in [-0.39, 0.29) is 11.2 Å². The van der Waals surface area contributed by atoms with E-state index in [1.807, 2.05) is 48.2 Å². The van der Waals surface area contributed by atoms with Crippen LogP contribution in [0.3, 0.4) is 0 Å². The average Bonchev–Trinajstić information content (AvgIpc) is 3.16. The van der Waals surface area contributed by atoms with Gasteiger partial charge < -0.3 is 9.32 Å². The third-order valence-electron chi connectivity index (χ3n) is 4.49. The first-order valence-corrected chi connectivity index (χ1v) is 9.50. The van der Waals surface area contributed by atoms with Crippen LogP contribution in [0.25, 0.3) is 11.5 Å². The number of nitrogens with zero attached hydrogens (tertiary/aromatic N) is 3. The van der Waals surface area contributed by atoms with Gasteiger partial charge >= 0.3 is 0 Å². The highest BCUT2D eigenvalue weighted by molar-refractivity contribution is 8.00. The van der Waals surface area contributed by atoms with Crippen LogP contribution in [-0.4, -0.2) is 32.8 Å². The average molecular weight is 365 g/mol. The Hall–Kier alpha value is -2.60.